The summed E-state index contributed by atoms with van der Waals surface area (Å²) in [5.74, 6) is 1.69. The smallest absolute Gasteiger partial charge is 0.125 e. The summed E-state index contributed by atoms with van der Waals surface area (Å²) < 4.78 is 5.86. The summed E-state index contributed by atoms with van der Waals surface area (Å²) in [4.78, 5) is 0. The maximum atomic E-state index is 9.76. The molecule has 2 heteroatoms. The van der Waals surface area contributed by atoms with Crippen molar-refractivity contribution in [1.82, 2.24) is 0 Å². The zero-order chi connectivity index (χ0) is 13.0. The summed E-state index contributed by atoms with van der Waals surface area (Å²) in [5.41, 5.74) is 2.07. The minimum Gasteiger partial charge on any atom is -0.493 e. The normalized spacial score (nSPS) is 17.9. The molecule has 0 heterocycles. The Hall–Kier alpha value is -1.02. The molecule has 1 aliphatic carbocycles. The molecule has 0 spiro atoms. The predicted octanol–water partition coefficient (Wildman–Crippen LogP) is 4.01. The number of hydrogen-bond acceptors (Lipinski definition) is 2. The molecular formula is C16H24O2. The monoisotopic (exact) mass is 248 g/mol. The minimum atomic E-state index is -0.466. The number of ether oxygens (including phenoxy) is 1. The molecule has 18 heavy (non-hydrogen) atoms. The second kappa shape index (κ2) is 6.24. The van der Waals surface area contributed by atoms with Crippen molar-refractivity contribution in [3.63, 3.8) is 0 Å². The molecule has 1 aliphatic rings. The molecule has 0 radical (unpaired) electrons. The van der Waals surface area contributed by atoms with Crippen molar-refractivity contribution >= 4 is 0 Å². The predicted molar refractivity (Wildman–Crippen MR) is 73.9 cm³/mol. The Bertz CT molecular complexity index is 379. The fraction of sp³-hybridized carbons (Fsp3) is 0.625. The average Bonchev–Trinajstić information content (AvgIpc) is 2.84. The van der Waals surface area contributed by atoms with Crippen LogP contribution in [0.2, 0.25) is 0 Å². The van der Waals surface area contributed by atoms with Gasteiger partial charge in [-0.15, -0.1) is 0 Å². The van der Waals surface area contributed by atoms with Crippen LogP contribution in [0.25, 0.3) is 0 Å². The van der Waals surface area contributed by atoms with Gasteiger partial charge in [0.1, 0.15) is 5.75 Å². The molecule has 1 atom stereocenters. The molecule has 1 aromatic rings. The van der Waals surface area contributed by atoms with Gasteiger partial charge >= 0.3 is 0 Å². The standard InChI is InChI=1S/C16H24O2/c1-12-7-8-16(15(11-12)13(2)17)18-10-9-14-5-3-4-6-14/h7-8,11,13-14,17H,3-6,9-10H2,1-2H3/t13-/m1/s1. The van der Waals surface area contributed by atoms with Crippen molar-refractivity contribution in [3.8, 4) is 5.75 Å². The van der Waals surface area contributed by atoms with Gasteiger partial charge in [-0.3, -0.25) is 0 Å². The van der Waals surface area contributed by atoms with Crippen LogP contribution in [0, 0.1) is 12.8 Å². The number of hydrogen-bond donors (Lipinski definition) is 1. The van der Waals surface area contributed by atoms with E-state index in [-0.39, 0.29) is 0 Å². The van der Waals surface area contributed by atoms with Crippen LogP contribution in [0.3, 0.4) is 0 Å². The van der Waals surface area contributed by atoms with E-state index in [9.17, 15) is 5.11 Å². The Morgan fingerprint density at radius 1 is 1.33 bits per heavy atom. The molecule has 1 fully saturated rings. The van der Waals surface area contributed by atoms with Crippen LogP contribution in [0.15, 0.2) is 18.2 Å². The second-order valence-electron chi connectivity index (χ2n) is 5.50. The van der Waals surface area contributed by atoms with Crippen LogP contribution in [0.5, 0.6) is 5.75 Å². The largest absolute Gasteiger partial charge is 0.493 e. The molecule has 0 amide bonds. The number of benzene rings is 1. The number of rotatable bonds is 5. The zero-order valence-electron chi connectivity index (χ0n) is 11.5. The molecule has 1 aromatic carbocycles. The first-order chi connectivity index (χ1) is 8.66. The highest BCUT2D eigenvalue weighted by Gasteiger charge is 2.15. The summed E-state index contributed by atoms with van der Waals surface area (Å²) >= 11 is 0. The van der Waals surface area contributed by atoms with Gasteiger partial charge in [-0.2, -0.15) is 0 Å². The highest BCUT2D eigenvalue weighted by molar-refractivity contribution is 5.38. The summed E-state index contributed by atoms with van der Waals surface area (Å²) in [6.07, 6.45) is 6.17. The van der Waals surface area contributed by atoms with Crippen LogP contribution in [0.1, 0.15) is 56.3 Å². The lowest BCUT2D eigenvalue weighted by Crippen LogP contribution is -2.06. The molecule has 1 N–H and O–H groups in total. The van der Waals surface area contributed by atoms with E-state index in [1.54, 1.807) is 6.92 Å². The fourth-order valence-electron chi connectivity index (χ4n) is 2.76. The maximum Gasteiger partial charge on any atom is 0.125 e. The van der Waals surface area contributed by atoms with Gasteiger partial charge in [-0.05, 0) is 38.3 Å². The fourth-order valence-corrected chi connectivity index (χ4v) is 2.76. The first kappa shape index (κ1) is 13.4. The molecule has 100 valence electrons. The molecule has 2 nitrogen and oxygen atoms in total. The lowest BCUT2D eigenvalue weighted by atomic mass is 10.0. The Balaban J connectivity index is 1.91. The number of aliphatic hydroxyl groups excluding tert-OH is 1. The molecule has 0 bridgehead atoms. The van der Waals surface area contributed by atoms with E-state index in [0.29, 0.717) is 0 Å². The van der Waals surface area contributed by atoms with E-state index in [1.807, 2.05) is 25.1 Å². The van der Waals surface area contributed by atoms with Crippen LogP contribution >= 0.6 is 0 Å². The third-order valence-electron chi connectivity index (χ3n) is 3.87. The topological polar surface area (TPSA) is 29.5 Å². The lowest BCUT2D eigenvalue weighted by Gasteiger charge is -2.15. The van der Waals surface area contributed by atoms with Gasteiger partial charge in [0.05, 0.1) is 12.7 Å². The molecule has 0 unspecified atom stereocenters. The van der Waals surface area contributed by atoms with E-state index >= 15 is 0 Å². The van der Waals surface area contributed by atoms with Gasteiger partial charge < -0.3 is 9.84 Å². The number of aliphatic hydroxyl groups is 1. The molecule has 0 aliphatic heterocycles. The van der Waals surface area contributed by atoms with Crippen LogP contribution < -0.4 is 4.74 Å². The van der Waals surface area contributed by atoms with Gasteiger partial charge in [0.15, 0.2) is 0 Å². The first-order valence-electron chi connectivity index (χ1n) is 7.08. The summed E-state index contributed by atoms with van der Waals surface area (Å²) in [5, 5.41) is 9.76. The quantitative estimate of drug-likeness (QED) is 0.853. The second-order valence-corrected chi connectivity index (χ2v) is 5.50. The number of aryl methyl sites for hydroxylation is 1. The average molecular weight is 248 g/mol. The first-order valence-corrected chi connectivity index (χ1v) is 7.08. The van der Waals surface area contributed by atoms with Crippen molar-refractivity contribution in [3.05, 3.63) is 29.3 Å². The Kier molecular flexibility index (Phi) is 4.65. The summed E-state index contributed by atoms with van der Waals surface area (Å²) in [6.45, 7) is 4.60. The summed E-state index contributed by atoms with van der Waals surface area (Å²) in [7, 11) is 0. The third kappa shape index (κ3) is 3.49. The zero-order valence-corrected chi connectivity index (χ0v) is 11.5. The van der Waals surface area contributed by atoms with Crippen molar-refractivity contribution in [1.29, 1.82) is 0 Å². The minimum absolute atomic E-state index is 0.466. The van der Waals surface area contributed by atoms with Crippen molar-refractivity contribution < 1.29 is 9.84 Å². The van der Waals surface area contributed by atoms with Gasteiger partial charge in [0, 0.05) is 5.56 Å². The Morgan fingerprint density at radius 3 is 2.72 bits per heavy atom. The SMILES string of the molecule is Cc1ccc(OCCC2CCCC2)c([C@@H](C)O)c1. The maximum absolute atomic E-state index is 9.76. The van der Waals surface area contributed by atoms with E-state index in [2.05, 4.69) is 0 Å². The van der Waals surface area contributed by atoms with E-state index in [1.165, 1.54) is 25.7 Å². The van der Waals surface area contributed by atoms with Crippen molar-refractivity contribution in [2.45, 2.75) is 52.1 Å². The highest BCUT2D eigenvalue weighted by Crippen LogP contribution is 2.29. The molecule has 0 aromatic heterocycles. The van der Waals surface area contributed by atoms with Crippen LogP contribution in [-0.2, 0) is 0 Å². The lowest BCUT2D eigenvalue weighted by molar-refractivity contribution is 0.189. The van der Waals surface area contributed by atoms with Crippen molar-refractivity contribution in [2.75, 3.05) is 6.61 Å². The van der Waals surface area contributed by atoms with Gasteiger partial charge in [-0.25, -0.2) is 0 Å². The molecule has 2 rings (SSSR count). The van der Waals surface area contributed by atoms with Gasteiger partial charge in [0.25, 0.3) is 0 Å². The van der Waals surface area contributed by atoms with Gasteiger partial charge in [-0.1, -0.05) is 37.3 Å². The highest BCUT2D eigenvalue weighted by atomic mass is 16.5. The summed E-state index contributed by atoms with van der Waals surface area (Å²) in [6, 6.07) is 6.03. The van der Waals surface area contributed by atoms with E-state index < -0.39 is 6.10 Å². The molecule has 0 saturated heterocycles. The Labute approximate surface area is 110 Å². The molecular weight excluding hydrogens is 224 g/mol. The van der Waals surface area contributed by atoms with Gasteiger partial charge in [0.2, 0.25) is 0 Å². The third-order valence-corrected chi connectivity index (χ3v) is 3.87. The van der Waals surface area contributed by atoms with E-state index in [4.69, 9.17) is 4.74 Å². The molecule has 1 saturated carbocycles. The van der Waals surface area contributed by atoms with Crippen molar-refractivity contribution in [2.24, 2.45) is 5.92 Å². The Morgan fingerprint density at radius 2 is 2.06 bits per heavy atom. The van der Waals surface area contributed by atoms with Crippen LogP contribution in [-0.4, -0.2) is 11.7 Å². The van der Waals surface area contributed by atoms with Crippen LogP contribution in [0.4, 0.5) is 0 Å². The van der Waals surface area contributed by atoms with E-state index in [0.717, 1.165) is 35.8 Å².